The first-order valence-electron chi connectivity index (χ1n) is 5.11. The van der Waals surface area contributed by atoms with E-state index in [0.29, 0.717) is 6.04 Å². The van der Waals surface area contributed by atoms with Crippen molar-refractivity contribution in [1.29, 1.82) is 0 Å². The van der Waals surface area contributed by atoms with Gasteiger partial charge in [-0.15, -0.1) is 11.3 Å². The van der Waals surface area contributed by atoms with Gasteiger partial charge >= 0.3 is 0 Å². The Balaban J connectivity index is 2.17. The van der Waals surface area contributed by atoms with E-state index in [2.05, 4.69) is 17.2 Å². The molecular weight excluding hydrogens is 196 g/mol. The lowest BCUT2D eigenvalue weighted by atomic mass is 10.0. The minimum atomic E-state index is 0.0677. The average molecular weight is 212 g/mol. The first kappa shape index (κ1) is 10.1. The summed E-state index contributed by atoms with van der Waals surface area (Å²) in [5.74, 6) is 0. The predicted molar refractivity (Wildman–Crippen MR) is 57.4 cm³/mol. The Kier molecular flexibility index (Phi) is 3.15. The van der Waals surface area contributed by atoms with E-state index in [-0.39, 0.29) is 6.61 Å². The molecule has 0 amide bonds. The Morgan fingerprint density at radius 1 is 1.57 bits per heavy atom. The summed E-state index contributed by atoms with van der Waals surface area (Å²) < 4.78 is 0. The largest absolute Gasteiger partial charge is 0.389 e. The van der Waals surface area contributed by atoms with Crippen LogP contribution in [-0.2, 0) is 6.61 Å². The fourth-order valence-corrected chi connectivity index (χ4v) is 2.80. The van der Waals surface area contributed by atoms with Gasteiger partial charge in [-0.25, -0.2) is 4.98 Å². The Bertz CT molecular complexity index is 305. The second kappa shape index (κ2) is 4.38. The number of hydrogen-bond donors (Lipinski definition) is 2. The monoisotopic (exact) mass is 212 g/mol. The van der Waals surface area contributed by atoms with Gasteiger partial charge < -0.3 is 10.4 Å². The quantitative estimate of drug-likeness (QED) is 0.785. The van der Waals surface area contributed by atoms with Gasteiger partial charge in [-0.05, 0) is 26.3 Å². The van der Waals surface area contributed by atoms with E-state index in [1.165, 1.54) is 24.1 Å². The number of aromatic nitrogens is 1. The number of piperidine rings is 1. The van der Waals surface area contributed by atoms with E-state index in [9.17, 15) is 0 Å². The van der Waals surface area contributed by atoms with Crippen LogP contribution in [0.3, 0.4) is 0 Å². The first-order valence-corrected chi connectivity index (χ1v) is 5.93. The van der Waals surface area contributed by atoms with Gasteiger partial charge in [0.15, 0.2) is 0 Å². The van der Waals surface area contributed by atoms with Gasteiger partial charge in [0.2, 0.25) is 0 Å². The molecule has 0 aliphatic carbocycles. The SMILES string of the molecule is Cc1sc(CO)nc1C1CCCCN1. The van der Waals surface area contributed by atoms with Crippen LogP contribution < -0.4 is 5.32 Å². The molecule has 78 valence electrons. The van der Waals surface area contributed by atoms with Crippen LogP contribution in [0, 0.1) is 6.92 Å². The first-order chi connectivity index (χ1) is 6.81. The molecule has 0 radical (unpaired) electrons. The summed E-state index contributed by atoms with van der Waals surface area (Å²) in [6.07, 6.45) is 3.73. The van der Waals surface area contributed by atoms with E-state index >= 15 is 0 Å². The van der Waals surface area contributed by atoms with Gasteiger partial charge in [-0.3, -0.25) is 0 Å². The molecule has 1 aromatic heterocycles. The molecule has 4 heteroatoms. The molecule has 0 spiro atoms. The van der Waals surface area contributed by atoms with Crippen molar-refractivity contribution >= 4 is 11.3 Å². The highest BCUT2D eigenvalue weighted by Crippen LogP contribution is 2.28. The standard InChI is InChI=1S/C10H16N2OS/c1-7-10(12-9(6-13)14-7)8-4-2-3-5-11-8/h8,11,13H,2-6H2,1H3. The lowest BCUT2D eigenvalue weighted by molar-refractivity contribution is 0.280. The molecule has 1 unspecified atom stereocenters. The Labute approximate surface area is 88.2 Å². The molecule has 1 aromatic rings. The highest BCUT2D eigenvalue weighted by atomic mass is 32.1. The zero-order valence-corrected chi connectivity index (χ0v) is 9.23. The number of aliphatic hydroxyl groups is 1. The van der Waals surface area contributed by atoms with Crippen LogP contribution in [0.4, 0.5) is 0 Å². The van der Waals surface area contributed by atoms with Crippen molar-refractivity contribution in [2.45, 2.75) is 38.8 Å². The zero-order chi connectivity index (χ0) is 9.97. The lowest BCUT2D eigenvalue weighted by Gasteiger charge is -2.22. The lowest BCUT2D eigenvalue weighted by Crippen LogP contribution is -2.27. The van der Waals surface area contributed by atoms with E-state index in [1.807, 2.05) is 0 Å². The van der Waals surface area contributed by atoms with Crippen molar-refractivity contribution < 1.29 is 5.11 Å². The maximum atomic E-state index is 9.00. The molecule has 2 N–H and O–H groups in total. The molecule has 0 aromatic carbocycles. The maximum absolute atomic E-state index is 9.00. The van der Waals surface area contributed by atoms with Gasteiger partial charge in [-0.1, -0.05) is 6.42 Å². The molecular formula is C10H16N2OS. The fraction of sp³-hybridized carbons (Fsp3) is 0.700. The van der Waals surface area contributed by atoms with Gasteiger partial charge in [0.1, 0.15) is 5.01 Å². The number of aliphatic hydroxyl groups excluding tert-OH is 1. The molecule has 1 saturated heterocycles. The van der Waals surface area contributed by atoms with Crippen molar-refractivity contribution in [2.75, 3.05) is 6.54 Å². The molecule has 0 saturated carbocycles. The van der Waals surface area contributed by atoms with Crippen LogP contribution >= 0.6 is 11.3 Å². The Morgan fingerprint density at radius 3 is 3.00 bits per heavy atom. The number of hydrogen-bond acceptors (Lipinski definition) is 4. The molecule has 2 rings (SSSR count). The predicted octanol–water partition coefficient (Wildman–Crippen LogP) is 1.76. The van der Waals surface area contributed by atoms with E-state index < -0.39 is 0 Å². The molecule has 3 nitrogen and oxygen atoms in total. The van der Waals surface area contributed by atoms with Crippen molar-refractivity contribution in [3.63, 3.8) is 0 Å². The summed E-state index contributed by atoms with van der Waals surface area (Å²) in [6.45, 7) is 3.25. The third-order valence-corrected chi connectivity index (χ3v) is 3.62. The number of nitrogens with one attached hydrogen (secondary N) is 1. The smallest absolute Gasteiger partial charge is 0.119 e. The Hall–Kier alpha value is -0.450. The molecule has 1 aliphatic heterocycles. The zero-order valence-electron chi connectivity index (χ0n) is 8.42. The number of nitrogens with zero attached hydrogens (tertiary/aromatic N) is 1. The van der Waals surface area contributed by atoms with Crippen molar-refractivity contribution in [3.05, 3.63) is 15.6 Å². The van der Waals surface area contributed by atoms with E-state index in [4.69, 9.17) is 5.11 Å². The summed E-state index contributed by atoms with van der Waals surface area (Å²) in [7, 11) is 0. The van der Waals surface area contributed by atoms with Crippen molar-refractivity contribution in [2.24, 2.45) is 0 Å². The average Bonchev–Trinajstić information content (AvgIpc) is 2.61. The highest BCUT2D eigenvalue weighted by molar-refractivity contribution is 7.11. The molecule has 0 bridgehead atoms. The molecule has 1 atom stereocenters. The summed E-state index contributed by atoms with van der Waals surface area (Å²) >= 11 is 1.61. The van der Waals surface area contributed by atoms with Gasteiger partial charge in [-0.2, -0.15) is 0 Å². The fourth-order valence-electron chi connectivity index (χ4n) is 1.94. The van der Waals surface area contributed by atoms with Crippen LogP contribution in [0.5, 0.6) is 0 Å². The molecule has 14 heavy (non-hydrogen) atoms. The number of thiazole rings is 1. The Morgan fingerprint density at radius 2 is 2.43 bits per heavy atom. The van der Waals surface area contributed by atoms with E-state index in [0.717, 1.165) is 17.2 Å². The highest BCUT2D eigenvalue weighted by Gasteiger charge is 2.19. The van der Waals surface area contributed by atoms with Crippen molar-refractivity contribution in [1.82, 2.24) is 10.3 Å². The summed E-state index contributed by atoms with van der Waals surface area (Å²) in [6, 6.07) is 0.417. The third-order valence-electron chi connectivity index (χ3n) is 2.65. The van der Waals surface area contributed by atoms with Gasteiger partial charge in [0, 0.05) is 4.88 Å². The topological polar surface area (TPSA) is 45.2 Å². The maximum Gasteiger partial charge on any atom is 0.119 e. The third kappa shape index (κ3) is 1.97. The van der Waals surface area contributed by atoms with Crippen LogP contribution in [0.15, 0.2) is 0 Å². The summed E-state index contributed by atoms with van der Waals surface area (Å²) in [4.78, 5) is 5.70. The van der Waals surface area contributed by atoms with E-state index in [1.54, 1.807) is 11.3 Å². The van der Waals surface area contributed by atoms with Crippen LogP contribution in [-0.4, -0.2) is 16.6 Å². The van der Waals surface area contributed by atoms with Crippen LogP contribution in [0.25, 0.3) is 0 Å². The summed E-state index contributed by atoms with van der Waals surface area (Å²) in [5, 5.41) is 13.3. The second-order valence-corrected chi connectivity index (χ2v) is 5.00. The second-order valence-electron chi connectivity index (χ2n) is 3.71. The minimum Gasteiger partial charge on any atom is -0.389 e. The van der Waals surface area contributed by atoms with Crippen molar-refractivity contribution in [3.8, 4) is 0 Å². The normalized spacial score (nSPS) is 22.6. The van der Waals surface area contributed by atoms with Gasteiger partial charge in [0.25, 0.3) is 0 Å². The molecule has 2 heterocycles. The van der Waals surface area contributed by atoms with Gasteiger partial charge in [0.05, 0.1) is 18.3 Å². The van der Waals surface area contributed by atoms with Crippen LogP contribution in [0.1, 0.15) is 40.9 Å². The molecule has 1 aliphatic rings. The number of aryl methyl sites for hydroxylation is 1. The summed E-state index contributed by atoms with van der Waals surface area (Å²) in [5.41, 5.74) is 1.15. The minimum absolute atomic E-state index is 0.0677. The molecule has 1 fully saturated rings. The number of rotatable bonds is 2. The van der Waals surface area contributed by atoms with Crippen LogP contribution in [0.2, 0.25) is 0 Å².